The highest BCUT2D eigenvalue weighted by Crippen LogP contribution is 2.23. The second kappa shape index (κ2) is 5.55. The molecule has 0 amide bonds. The zero-order valence-electron chi connectivity index (χ0n) is 9.39. The van der Waals surface area contributed by atoms with E-state index >= 15 is 0 Å². The van der Waals surface area contributed by atoms with Gasteiger partial charge in [-0.3, -0.25) is 4.98 Å². The maximum absolute atomic E-state index is 5.71. The Bertz CT molecular complexity index is 485. The van der Waals surface area contributed by atoms with Crippen LogP contribution in [-0.2, 0) is 5.88 Å². The van der Waals surface area contributed by atoms with Gasteiger partial charge in [0, 0.05) is 12.3 Å². The Kier molecular flexibility index (Phi) is 3.83. The second-order valence-electron chi connectivity index (χ2n) is 3.39. The van der Waals surface area contributed by atoms with Crippen LogP contribution in [-0.4, -0.2) is 12.1 Å². The minimum absolute atomic E-state index is 0.375. The van der Waals surface area contributed by atoms with Crippen molar-refractivity contribution in [3.63, 3.8) is 0 Å². The van der Waals surface area contributed by atoms with Gasteiger partial charge in [-0.2, -0.15) is 0 Å². The van der Waals surface area contributed by atoms with Gasteiger partial charge < -0.3 is 9.47 Å². The molecule has 0 saturated carbocycles. The van der Waals surface area contributed by atoms with Crippen molar-refractivity contribution in [1.29, 1.82) is 0 Å². The zero-order valence-corrected chi connectivity index (χ0v) is 10.1. The molecule has 88 valence electrons. The molecule has 1 aromatic heterocycles. The van der Waals surface area contributed by atoms with E-state index in [1.54, 1.807) is 19.4 Å². The summed E-state index contributed by atoms with van der Waals surface area (Å²) in [6.45, 7) is 0. The summed E-state index contributed by atoms with van der Waals surface area (Å²) in [6, 6.07) is 11.0. The van der Waals surface area contributed by atoms with Crippen LogP contribution in [0.2, 0.25) is 0 Å². The lowest BCUT2D eigenvalue weighted by molar-refractivity contribution is 0.413. The summed E-state index contributed by atoms with van der Waals surface area (Å²) in [7, 11) is 1.63. The Morgan fingerprint density at radius 2 is 1.76 bits per heavy atom. The highest BCUT2D eigenvalue weighted by molar-refractivity contribution is 6.16. The molecule has 0 bridgehead atoms. The zero-order chi connectivity index (χ0) is 12.1. The van der Waals surface area contributed by atoms with Crippen LogP contribution in [0.25, 0.3) is 0 Å². The van der Waals surface area contributed by atoms with Gasteiger partial charge in [-0.15, -0.1) is 11.6 Å². The first kappa shape index (κ1) is 11.7. The summed E-state index contributed by atoms with van der Waals surface area (Å²) in [5.41, 5.74) is 0.790. The third-order valence-corrected chi connectivity index (χ3v) is 2.49. The van der Waals surface area contributed by atoms with E-state index < -0.39 is 0 Å². The molecule has 3 nitrogen and oxygen atoms in total. The van der Waals surface area contributed by atoms with Gasteiger partial charge in [0.15, 0.2) is 0 Å². The Morgan fingerprint density at radius 1 is 1.06 bits per heavy atom. The number of ether oxygens (including phenoxy) is 2. The van der Waals surface area contributed by atoms with Crippen molar-refractivity contribution < 1.29 is 9.47 Å². The van der Waals surface area contributed by atoms with E-state index in [1.807, 2.05) is 30.3 Å². The van der Waals surface area contributed by atoms with Gasteiger partial charge in [0.05, 0.1) is 18.7 Å². The van der Waals surface area contributed by atoms with Crippen LogP contribution >= 0.6 is 11.6 Å². The molecular formula is C13H12ClNO2. The molecule has 2 rings (SSSR count). The number of halogens is 1. The molecule has 0 saturated heterocycles. The lowest BCUT2D eigenvalue weighted by atomic mass is 10.3. The molecule has 0 aliphatic carbocycles. The molecule has 0 aliphatic rings. The van der Waals surface area contributed by atoms with Crippen molar-refractivity contribution in [3.05, 3.63) is 48.3 Å². The Balaban J connectivity index is 2.13. The molecule has 4 heteroatoms. The van der Waals surface area contributed by atoms with Gasteiger partial charge in [-0.05, 0) is 30.3 Å². The SMILES string of the molecule is COc1ccc(Oc2ccnc(CCl)c2)cc1. The summed E-state index contributed by atoms with van der Waals surface area (Å²) in [4.78, 5) is 4.09. The third-order valence-electron chi connectivity index (χ3n) is 2.22. The maximum Gasteiger partial charge on any atom is 0.130 e. The number of nitrogens with zero attached hydrogens (tertiary/aromatic N) is 1. The maximum atomic E-state index is 5.71. The molecule has 0 N–H and O–H groups in total. The lowest BCUT2D eigenvalue weighted by Crippen LogP contribution is -1.89. The van der Waals surface area contributed by atoms with E-state index in [1.165, 1.54) is 0 Å². The van der Waals surface area contributed by atoms with Crippen molar-refractivity contribution >= 4 is 11.6 Å². The van der Waals surface area contributed by atoms with E-state index in [4.69, 9.17) is 21.1 Å². The number of rotatable bonds is 4. The number of pyridine rings is 1. The average molecular weight is 250 g/mol. The molecule has 0 spiro atoms. The van der Waals surface area contributed by atoms with Crippen LogP contribution in [0.1, 0.15) is 5.69 Å². The second-order valence-corrected chi connectivity index (χ2v) is 3.66. The van der Waals surface area contributed by atoms with Gasteiger partial charge in [-0.1, -0.05) is 0 Å². The van der Waals surface area contributed by atoms with Crippen molar-refractivity contribution in [3.8, 4) is 17.2 Å². The molecule has 1 aromatic carbocycles. The van der Waals surface area contributed by atoms with Crippen molar-refractivity contribution in [2.45, 2.75) is 5.88 Å². The van der Waals surface area contributed by atoms with Gasteiger partial charge >= 0.3 is 0 Å². The standard InChI is InChI=1S/C13H12ClNO2/c1-16-11-2-4-12(5-3-11)17-13-6-7-15-10(8-13)9-14/h2-8H,9H2,1H3. The summed E-state index contributed by atoms with van der Waals surface area (Å²) < 4.78 is 10.7. The molecule has 0 radical (unpaired) electrons. The van der Waals surface area contributed by atoms with Crippen LogP contribution < -0.4 is 9.47 Å². The fourth-order valence-corrected chi connectivity index (χ4v) is 1.52. The van der Waals surface area contributed by atoms with E-state index in [-0.39, 0.29) is 0 Å². The minimum atomic E-state index is 0.375. The average Bonchev–Trinajstić information content (AvgIpc) is 2.40. The highest BCUT2D eigenvalue weighted by Gasteiger charge is 2.00. The first-order valence-electron chi connectivity index (χ1n) is 5.14. The van der Waals surface area contributed by atoms with E-state index in [0.717, 1.165) is 22.9 Å². The topological polar surface area (TPSA) is 31.4 Å². The quantitative estimate of drug-likeness (QED) is 0.776. The van der Waals surface area contributed by atoms with Gasteiger partial charge in [-0.25, -0.2) is 0 Å². The normalized spacial score (nSPS) is 10.0. The van der Waals surface area contributed by atoms with Gasteiger partial charge in [0.2, 0.25) is 0 Å². The van der Waals surface area contributed by atoms with Gasteiger partial charge in [0.25, 0.3) is 0 Å². The van der Waals surface area contributed by atoms with Gasteiger partial charge in [0.1, 0.15) is 17.2 Å². The van der Waals surface area contributed by atoms with Crippen molar-refractivity contribution in [2.75, 3.05) is 7.11 Å². The number of aromatic nitrogens is 1. The first-order chi connectivity index (χ1) is 8.31. The molecule has 0 unspecified atom stereocenters. The monoisotopic (exact) mass is 249 g/mol. The highest BCUT2D eigenvalue weighted by atomic mass is 35.5. The lowest BCUT2D eigenvalue weighted by Gasteiger charge is -2.07. The first-order valence-corrected chi connectivity index (χ1v) is 5.68. The Morgan fingerprint density at radius 3 is 2.41 bits per heavy atom. The smallest absolute Gasteiger partial charge is 0.130 e. The van der Waals surface area contributed by atoms with Crippen LogP contribution in [0.15, 0.2) is 42.6 Å². The van der Waals surface area contributed by atoms with E-state index in [0.29, 0.717) is 5.88 Å². The molecule has 0 atom stereocenters. The fourth-order valence-electron chi connectivity index (χ4n) is 1.37. The predicted molar refractivity (Wildman–Crippen MR) is 66.9 cm³/mol. The third kappa shape index (κ3) is 3.11. The number of benzene rings is 1. The van der Waals surface area contributed by atoms with E-state index in [9.17, 15) is 0 Å². The number of alkyl halides is 1. The summed E-state index contributed by atoms with van der Waals surface area (Å²) in [6.07, 6.45) is 1.68. The molecule has 0 fully saturated rings. The molecule has 2 aromatic rings. The summed E-state index contributed by atoms with van der Waals surface area (Å²) in [5.74, 6) is 2.65. The molecular weight excluding hydrogens is 238 g/mol. The Hall–Kier alpha value is -1.74. The molecule has 0 aliphatic heterocycles. The summed E-state index contributed by atoms with van der Waals surface area (Å²) >= 11 is 5.71. The van der Waals surface area contributed by atoms with Crippen LogP contribution in [0.5, 0.6) is 17.2 Å². The van der Waals surface area contributed by atoms with Crippen LogP contribution in [0, 0.1) is 0 Å². The van der Waals surface area contributed by atoms with E-state index in [2.05, 4.69) is 4.98 Å². The molecule has 1 heterocycles. The van der Waals surface area contributed by atoms with Crippen LogP contribution in [0.4, 0.5) is 0 Å². The number of hydrogen-bond acceptors (Lipinski definition) is 3. The number of hydrogen-bond donors (Lipinski definition) is 0. The predicted octanol–water partition coefficient (Wildman–Crippen LogP) is 3.62. The largest absolute Gasteiger partial charge is 0.497 e. The minimum Gasteiger partial charge on any atom is -0.497 e. The van der Waals surface area contributed by atoms with Crippen molar-refractivity contribution in [1.82, 2.24) is 4.98 Å². The van der Waals surface area contributed by atoms with Crippen molar-refractivity contribution in [2.24, 2.45) is 0 Å². The summed E-state index contributed by atoms with van der Waals surface area (Å²) in [5, 5.41) is 0. The molecule has 17 heavy (non-hydrogen) atoms. The van der Waals surface area contributed by atoms with Crippen LogP contribution in [0.3, 0.4) is 0 Å². The Labute approximate surface area is 105 Å². The fraction of sp³-hybridized carbons (Fsp3) is 0.154. The number of methoxy groups -OCH3 is 1.